The molecule has 0 aromatic heterocycles. The van der Waals surface area contributed by atoms with Crippen molar-refractivity contribution in [2.45, 2.75) is 26.4 Å². The number of carbonyl (C=O) groups is 2. The van der Waals surface area contributed by atoms with Crippen LogP contribution in [0.25, 0.3) is 0 Å². The third kappa shape index (κ3) is 5.21. The minimum atomic E-state index is -0.119. The lowest BCUT2D eigenvalue weighted by Crippen LogP contribution is -2.26. The minimum absolute atomic E-state index is 0.0739. The Morgan fingerprint density at radius 2 is 1.65 bits per heavy atom. The zero-order valence-electron chi connectivity index (χ0n) is 13.1. The molecule has 2 aromatic rings. The van der Waals surface area contributed by atoms with E-state index in [0.29, 0.717) is 12.1 Å². The van der Waals surface area contributed by atoms with Crippen molar-refractivity contribution in [1.29, 1.82) is 0 Å². The highest BCUT2D eigenvalue weighted by Crippen LogP contribution is 2.17. The first-order valence-corrected chi connectivity index (χ1v) is 8.14. The first-order valence-electron chi connectivity index (χ1n) is 7.35. The number of halogens is 1. The molecule has 0 aliphatic rings. The van der Waals surface area contributed by atoms with E-state index in [-0.39, 0.29) is 17.9 Å². The zero-order valence-corrected chi connectivity index (χ0v) is 14.7. The smallest absolute Gasteiger partial charge is 0.251 e. The maximum absolute atomic E-state index is 12.3. The molecule has 5 heteroatoms. The Morgan fingerprint density at radius 1 is 1.04 bits per heavy atom. The molecule has 2 amide bonds. The van der Waals surface area contributed by atoms with Gasteiger partial charge in [-0.2, -0.15) is 0 Å². The van der Waals surface area contributed by atoms with Gasteiger partial charge in [0.05, 0.1) is 6.04 Å². The molecule has 0 aliphatic heterocycles. The van der Waals surface area contributed by atoms with Gasteiger partial charge >= 0.3 is 0 Å². The fourth-order valence-electron chi connectivity index (χ4n) is 2.12. The lowest BCUT2D eigenvalue weighted by atomic mass is 10.1. The molecule has 1 unspecified atom stereocenters. The summed E-state index contributed by atoms with van der Waals surface area (Å²) in [5, 5.41) is 5.70. The third-order valence-corrected chi connectivity index (χ3v) is 4.00. The van der Waals surface area contributed by atoms with Gasteiger partial charge in [-0.05, 0) is 42.3 Å². The normalized spacial score (nSPS) is 11.6. The van der Waals surface area contributed by atoms with Crippen LogP contribution in [-0.2, 0) is 11.3 Å². The van der Waals surface area contributed by atoms with E-state index in [9.17, 15) is 9.59 Å². The number of rotatable bonds is 5. The number of amides is 2. The van der Waals surface area contributed by atoms with Gasteiger partial charge in [-0.3, -0.25) is 9.59 Å². The molecule has 0 radical (unpaired) electrons. The number of nitrogens with one attached hydrogen (secondary N) is 2. The molecule has 1 atom stereocenters. The van der Waals surface area contributed by atoms with Gasteiger partial charge in [-0.1, -0.05) is 40.2 Å². The Bertz CT molecular complexity index is 681. The SMILES string of the molecule is CC(=O)NCc1ccc(C(=O)NC(C)c2ccc(Br)cc2)cc1. The van der Waals surface area contributed by atoms with Gasteiger partial charge < -0.3 is 10.6 Å². The van der Waals surface area contributed by atoms with Crippen molar-refractivity contribution in [1.82, 2.24) is 10.6 Å². The van der Waals surface area contributed by atoms with E-state index in [1.165, 1.54) is 6.92 Å². The van der Waals surface area contributed by atoms with Crippen molar-refractivity contribution in [3.63, 3.8) is 0 Å². The van der Waals surface area contributed by atoms with Crippen LogP contribution in [0.15, 0.2) is 53.0 Å². The molecule has 2 rings (SSSR count). The van der Waals surface area contributed by atoms with E-state index in [0.717, 1.165) is 15.6 Å². The highest BCUT2D eigenvalue weighted by molar-refractivity contribution is 9.10. The molecule has 2 N–H and O–H groups in total. The summed E-state index contributed by atoms with van der Waals surface area (Å²) in [7, 11) is 0. The van der Waals surface area contributed by atoms with E-state index in [1.807, 2.05) is 43.3 Å². The standard InChI is InChI=1S/C18H19BrN2O2/c1-12(15-7-9-17(19)10-8-15)21-18(23)16-5-3-14(4-6-16)11-20-13(2)22/h3-10,12H,11H2,1-2H3,(H,20,22)(H,21,23). The quantitative estimate of drug-likeness (QED) is 0.840. The third-order valence-electron chi connectivity index (χ3n) is 3.48. The Kier molecular flexibility index (Phi) is 5.93. The Balaban J connectivity index is 1.97. The van der Waals surface area contributed by atoms with Gasteiger partial charge in [0.2, 0.25) is 5.91 Å². The van der Waals surface area contributed by atoms with Gasteiger partial charge in [0, 0.05) is 23.5 Å². The largest absolute Gasteiger partial charge is 0.352 e. The molecule has 0 heterocycles. The molecule has 120 valence electrons. The molecular weight excluding hydrogens is 356 g/mol. The lowest BCUT2D eigenvalue weighted by molar-refractivity contribution is -0.119. The van der Waals surface area contributed by atoms with Crippen LogP contribution < -0.4 is 10.6 Å². The zero-order chi connectivity index (χ0) is 16.8. The van der Waals surface area contributed by atoms with Crippen LogP contribution in [0.3, 0.4) is 0 Å². The monoisotopic (exact) mass is 374 g/mol. The summed E-state index contributed by atoms with van der Waals surface area (Å²) in [4.78, 5) is 23.2. The molecule has 0 saturated heterocycles. The van der Waals surface area contributed by atoms with Gasteiger partial charge in [-0.15, -0.1) is 0 Å². The average molecular weight is 375 g/mol. The molecule has 23 heavy (non-hydrogen) atoms. The predicted molar refractivity (Wildman–Crippen MR) is 94.0 cm³/mol. The van der Waals surface area contributed by atoms with Crippen molar-refractivity contribution in [3.05, 3.63) is 69.7 Å². The van der Waals surface area contributed by atoms with Crippen LogP contribution in [0.4, 0.5) is 0 Å². The molecule has 0 fully saturated rings. The van der Waals surface area contributed by atoms with Gasteiger partial charge in [0.15, 0.2) is 0 Å². The summed E-state index contributed by atoms with van der Waals surface area (Å²) < 4.78 is 1.01. The first kappa shape index (κ1) is 17.2. The fourth-order valence-corrected chi connectivity index (χ4v) is 2.38. The fraction of sp³-hybridized carbons (Fsp3) is 0.222. The summed E-state index contributed by atoms with van der Waals surface area (Å²) in [6.07, 6.45) is 0. The Hall–Kier alpha value is -2.14. The van der Waals surface area contributed by atoms with Crippen molar-refractivity contribution < 1.29 is 9.59 Å². The molecule has 0 aliphatic carbocycles. The second-order valence-corrected chi connectivity index (χ2v) is 6.27. The lowest BCUT2D eigenvalue weighted by Gasteiger charge is -2.14. The van der Waals surface area contributed by atoms with Crippen molar-refractivity contribution >= 4 is 27.7 Å². The van der Waals surface area contributed by atoms with Crippen molar-refractivity contribution in [2.24, 2.45) is 0 Å². The maximum atomic E-state index is 12.3. The van der Waals surface area contributed by atoms with Crippen LogP contribution >= 0.6 is 15.9 Å². The molecule has 0 bridgehead atoms. The van der Waals surface area contributed by atoms with Gasteiger partial charge in [0.25, 0.3) is 5.91 Å². The predicted octanol–water partition coefficient (Wildman–Crippen LogP) is 3.58. The van der Waals surface area contributed by atoms with E-state index in [1.54, 1.807) is 12.1 Å². The van der Waals surface area contributed by atoms with Crippen molar-refractivity contribution in [2.75, 3.05) is 0 Å². The summed E-state index contributed by atoms with van der Waals surface area (Å²) in [5.41, 5.74) is 2.60. The van der Waals surface area contributed by atoms with Gasteiger partial charge in [-0.25, -0.2) is 0 Å². The van der Waals surface area contributed by atoms with Gasteiger partial charge in [0.1, 0.15) is 0 Å². The van der Waals surface area contributed by atoms with Crippen LogP contribution in [0.2, 0.25) is 0 Å². The highest BCUT2D eigenvalue weighted by Gasteiger charge is 2.11. The topological polar surface area (TPSA) is 58.2 Å². The molecule has 0 spiro atoms. The highest BCUT2D eigenvalue weighted by atomic mass is 79.9. The van der Waals surface area contributed by atoms with Crippen LogP contribution in [0, 0.1) is 0 Å². The van der Waals surface area contributed by atoms with E-state index >= 15 is 0 Å². The summed E-state index contributed by atoms with van der Waals surface area (Å²) in [5.74, 6) is -0.193. The molecule has 2 aromatic carbocycles. The number of hydrogen-bond donors (Lipinski definition) is 2. The molecule has 0 saturated carbocycles. The minimum Gasteiger partial charge on any atom is -0.352 e. The first-order chi connectivity index (χ1) is 11.0. The second-order valence-electron chi connectivity index (χ2n) is 5.35. The second kappa shape index (κ2) is 7.92. The van der Waals surface area contributed by atoms with E-state index in [2.05, 4.69) is 26.6 Å². The van der Waals surface area contributed by atoms with Crippen LogP contribution in [0.1, 0.15) is 41.4 Å². The summed E-state index contributed by atoms with van der Waals surface area (Å²) in [6.45, 7) is 3.89. The maximum Gasteiger partial charge on any atom is 0.251 e. The average Bonchev–Trinajstić information content (AvgIpc) is 2.54. The number of carbonyl (C=O) groups excluding carboxylic acids is 2. The van der Waals surface area contributed by atoms with Crippen LogP contribution in [-0.4, -0.2) is 11.8 Å². The van der Waals surface area contributed by atoms with Crippen molar-refractivity contribution in [3.8, 4) is 0 Å². The van der Waals surface area contributed by atoms with E-state index in [4.69, 9.17) is 0 Å². The summed E-state index contributed by atoms with van der Waals surface area (Å²) >= 11 is 3.40. The van der Waals surface area contributed by atoms with Crippen LogP contribution in [0.5, 0.6) is 0 Å². The summed E-state index contributed by atoms with van der Waals surface area (Å²) in [6, 6.07) is 15.0. The molecular formula is C18H19BrN2O2. The molecule has 4 nitrogen and oxygen atoms in total. The Morgan fingerprint density at radius 3 is 2.22 bits per heavy atom. The number of hydrogen-bond acceptors (Lipinski definition) is 2. The van der Waals surface area contributed by atoms with E-state index < -0.39 is 0 Å². The number of benzene rings is 2. The Labute approximate surface area is 144 Å².